The van der Waals surface area contributed by atoms with Gasteiger partial charge < -0.3 is 29.7 Å². The van der Waals surface area contributed by atoms with Crippen LogP contribution in [-0.4, -0.2) is 59.0 Å². The van der Waals surface area contributed by atoms with E-state index in [2.05, 4.69) is 52.8 Å². The second-order valence-corrected chi connectivity index (χ2v) is 7.07. The maximum Gasteiger partial charge on any atom is 0.231 e. The summed E-state index contributed by atoms with van der Waals surface area (Å²) < 4.78 is 16.1. The average Bonchev–Trinajstić information content (AvgIpc) is 3.20. The van der Waals surface area contributed by atoms with Gasteiger partial charge in [0.15, 0.2) is 17.5 Å². The number of guanidine groups is 1. The second-order valence-electron chi connectivity index (χ2n) is 7.07. The molecule has 0 radical (unpaired) electrons. The van der Waals surface area contributed by atoms with E-state index in [1.165, 1.54) is 11.1 Å². The molecule has 0 aliphatic carbocycles. The van der Waals surface area contributed by atoms with Crippen LogP contribution < -0.4 is 24.8 Å². The summed E-state index contributed by atoms with van der Waals surface area (Å²) in [5.74, 6) is 3.28. The molecule has 1 unspecified atom stereocenters. The molecule has 0 aromatic heterocycles. The summed E-state index contributed by atoms with van der Waals surface area (Å²) >= 11 is 0. The van der Waals surface area contributed by atoms with Gasteiger partial charge in [-0.3, -0.25) is 4.99 Å². The number of aliphatic imine (C=N–C) groups is 1. The largest absolute Gasteiger partial charge is 0.497 e. The van der Waals surface area contributed by atoms with Crippen molar-refractivity contribution in [2.45, 2.75) is 12.5 Å². The van der Waals surface area contributed by atoms with Gasteiger partial charge in [-0.2, -0.15) is 0 Å². The highest BCUT2D eigenvalue weighted by Crippen LogP contribution is 2.32. The Balaban J connectivity index is 1.50. The predicted octanol–water partition coefficient (Wildman–Crippen LogP) is 2.43. The first-order chi connectivity index (χ1) is 14.1. The standard InChI is InChI=1S/C22H30N4O3/c1-23-22(24-12-11-16-5-10-20-21(13-16)29-15-28-20)25-14-19(26(2)3)17-6-8-18(27-4)9-7-17/h5-10,13,19H,11-12,14-15H2,1-4H3,(H2,23,24,25). The molecule has 156 valence electrons. The number of likely N-dealkylation sites (N-methyl/N-ethyl adjacent to an activating group) is 1. The number of methoxy groups -OCH3 is 1. The summed E-state index contributed by atoms with van der Waals surface area (Å²) in [5, 5.41) is 6.81. The Morgan fingerprint density at radius 3 is 2.55 bits per heavy atom. The SMILES string of the molecule is CN=C(NCCc1ccc2c(c1)OCO2)NCC(c1ccc(OC)cc1)N(C)C. The Kier molecular flexibility index (Phi) is 7.19. The molecule has 0 fully saturated rings. The maximum absolute atomic E-state index is 5.44. The van der Waals surface area contributed by atoms with Gasteiger partial charge in [0.25, 0.3) is 0 Å². The lowest BCUT2D eigenvalue weighted by atomic mass is 10.1. The lowest BCUT2D eigenvalue weighted by Crippen LogP contribution is -2.42. The minimum Gasteiger partial charge on any atom is -0.497 e. The lowest BCUT2D eigenvalue weighted by Gasteiger charge is -2.26. The Morgan fingerprint density at radius 2 is 1.86 bits per heavy atom. The van der Waals surface area contributed by atoms with Gasteiger partial charge in [0.2, 0.25) is 6.79 Å². The molecule has 2 aromatic rings. The summed E-state index contributed by atoms with van der Waals surface area (Å²) in [7, 11) is 7.62. The van der Waals surface area contributed by atoms with Crippen molar-refractivity contribution in [3.8, 4) is 17.2 Å². The zero-order valence-electron chi connectivity index (χ0n) is 17.6. The molecule has 29 heavy (non-hydrogen) atoms. The van der Waals surface area contributed by atoms with Crippen LogP contribution in [0.2, 0.25) is 0 Å². The summed E-state index contributed by atoms with van der Waals surface area (Å²) in [6, 6.07) is 14.5. The van der Waals surface area contributed by atoms with E-state index in [1.807, 2.05) is 24.3 Å². The van der Waals surface area contributed by atoms with E-state index in [0.29, 0.717) is 6.79 Å². The third kappa shape index (κ3) is 5.54. The lowest BCUT2D eigenvalue weighted by molar-refractivity contribution is 0.174. The van der Waals surface area contributed by atoms with Crippen molar-refractivity contribution in [1.29, 1.82) is 0 Å². The minimum atomic E-state index is 0.216. The van der Waals surface area contributed by atoms with E-state index in [-0.39, 0.29) is 6.04 Å². The van der Waals surface area contributed by atoms with Gasteiger partial charge in [0.1, 0.15) is 5.75 Å². The van der Waals surface area contributed by atoms with Crippen molar-refractivity contribution in [2.24, 2.45) is 4.99 Å². The fourth-order valence-electron chi connectivity index (χ4n) is 3.26. The number of rotatable bonds is 8. The molecular formula is C22H30N4O3. The summed E-state index contributed by atoms with van der Waals surface area (Å²) in [4.78, 5) is 6.53. The summed E-state index contributed by atoms with van der Waals surface area (Å²) in [6.07, 6.45) is 0.868. The quantitative estimate of drug-likeness (QED) is 0.526. The second kappa shape index (κ2) is 10.0. The molecule has 7 heteroatoms. The number of nitrogens with zero attached hydrogens (tertiary/aromatic N) is 2. The van der Waals surface area contributed by atoms with Crippen LogP contribution in [-0.2, 0) is 6.42 Å². The van der Waals surface area contributed by atoms with Gasteiger partial charge in [-0.15, -0.1) is 0 Å². The number of nitrogens with one attached hydrogen (secondary N) is 2. The molecule has 1 aliphatic heterocycles. The molecule has 0 saturated heterocycles. The molecule has 7 nitrogen and oxygen atoms in total. The summed E-state index contributed by atoms with van der Waals surface area (Å²) in [6.45, 7) is 1.81. The number of hydrogen-bond donors (Lipinski definition) is 2. The molecule has 1 heterocycles. The third-order valence-electron chi connectivity index (χ3n) is 4.95. The zero-order valence-corrected chi connectivity index (χ0v) is 17.6. The molecule has 2 aromatic carbocycles. The van der Waals surface area contributed by atoms with Gasteiger partial charge in [0, 0.05) is 20.1 Å². The third-order valence-corrected chi connectivity index (χ3v) is 4.95. The summed E-state index contributed by atoms with van der Waals surface area (Å²) in [5.41, 5.74) is 2.42. The minimum absolute atomic E-state index is 0.216. The first kappa shape index (κ1) is 20.8. The fraction of sp³-hybridized carbons (Fsp3) is 0.409. The molecule has 1 atom stereocenters. The Morgan fingerprint density at radius 1 is 1.10 bits per heavy atom. The van der Waals surface area contributed by atoms with Crippen LogP contribution in [0.4, 0.5) is 0 Å². The van der Waals surface area contributed by atoms with Crippen LogP contribution in [0.1, 0.15) is 17.2 Å². The van der Waals surface area contributed by atoms with Crippen LogP contribution in [0.5, 0.6) is 17.2 Å². The van der Waals surface area contributed by atoms with Crippen LogP contribution in [0.3, 0.4) is 0 Å². The highest BCUT2D eigenvalue weighted by atomic mass is 16.7. The van der Waals surface area contributed by atoms with E-state index in [0.717, 1.165) is 42.7 Å². The molecular weight excluding hydrogens is 368 g/mol. The first-order valence-electron chi connectivity index (χ1n) is 9.74. The van der Waals surface area contributed by atoms with Crippen molar-refractivity contribution < 1.29 is 14.2 Å². The highest BCUT2D eigenvalue weighted by Gasteiger charge is 2.15. The highest BCUT2D eigenvalue weighted by molar-refractivity contribution is 5.79. The molecule has 0 saturated carbocycles. The van der Waals surface area contributed by atoms with Gasteiger partial charge in [-0.25, -0.2) is 0 Å². The predicted molar refractivity (Wildman–Crippen MR) is 115 cm³/mol. The van der Waals surface area contributed by atoms with Gasteiger partial charge in [-0.05, 0) is 55.9 Å². The van der Waals surface area contributed by atoms with Crippen LogP contribution in [0.15, 0.2) is 47.5 Å². The average molecular weight is 399 g/mol. The Labute approximate surface area is 172 Å². The van der Waals surface area contributed by atoms with E-state index >= 15 is 0 Å². The van der Waals surface area contributed by atoms with Gasteiger partial charge in [-0.1, -0.05) is 18.2 Å². The van der Waals surface area contributed by atoms with Crippen LogP contribution >= 0.6 is 0 Å². The molecule has 0 amide bonds. The van der Waals surface area contributed by atoms with Gasteiger partial charge in [0.05, 0.1) is 13.2 Å². The number of ether oxygens (including phenoxy) is 3. The van der Waals surface area contributed by atoms with Crippen molar-refractivity contribution >= 4 is 5.96 Å². The van der Waals surface area contributed by atoms with Crippen molar-refractivity contribution in [1.82, 2.24) is 15.5 Å². The Bertz CT molecular complexity index is 821. The maximum atomic E-state index is 5.44. The molecule has 1 aliphatic rings. The first-order valence-corrected chi connectivity index (χ1v) is 9.74. The fourth-order valence-corrected chi connectivity index (χ4v) is 3.26. The number of benzene rings is 2. The van der Waals surface area contributed by atoms with E-state index in [9.17, 15) is 0 Å². The van der Waals surface area contributed by atoms with Crippen molar-refractivity contribution in [3.63, 3.8) is 0 Å². The zero-order chi connectivity index (χ0) is 20.6. The molecule has 0 spiro atoms. The van der Waals surface area contributed by atoms with E-state index in [4.69, 9.17) is 14.2 Å². The number of fused-ring (bicyclic) bond motifs is 1. The molecule has 0 bridgehead atoms. The van der Waals surface area contributed by atoms with Crippen molar-refractivity contribution in [3.05, 3.63) is 53.6 Å². The van der Waals surface area contributed by atoms with E-state index < -0.39 is 0 Å². The monoisotopic (exact) mass is 398 g/mol. The number of hydrogen-bond acceptors (Lipinski definition) is 5. The smallest absolute Gasteiger partial charge is 0.231 e. The van der Waals surface area contributed by atoms with E-state index in [1.54, 1.807) is 14.2 Å². The van der Waals surface area contributed by atoms with Crippen LogP contribution in [0, 0.1) is 0 Å². The molecule has 2 N–H and O–H groups in total. The Hall–Kier alpha value is -2.93. The molecule has 3 rings (SSSR count). The topological polar surface area (TPSA) is 67.4 Å². The van der Waals surface area contributed by atoms with Gasteiger partial charge >= 0.3 is 0 Å². The normalized spacial score (nSPS) is 14.0. The van der Waals surface area contributed by atoms with Crippen molar-refractivity contribution in [2.75, 3.05) is 48.1 Å². The van der Waals surface area contributed by atoms with Crippen LogP contribution in [0.25, 0.3) is 0 Å².